The van der Waals surface area contributed by atoms with Crippen LogP contribution in [0.25, 0.3) is 0 Å². The maximum absolute atomic E-state index is 11.6. The zero-order chi connectivity index (χ0) is 30.1. The summed E-state index contributed by atoms with van der Waals surface area (Å²) in [6.07, 6.45) is 14.2. The number of amides is 1. The molecule has 0 aromatic heterocycles. The second-order valence-corrected chi connectivity index (χ2v) is 11.8. The number of nitrogens with two attached hydrogens (primary N) is 1. The molecule has 0 bridgehead atoms. The topological polar surface area (TPSA) is 83.1 Å². The zero-order valence-electron chi connectivity index (χ0n) is 25.5. The lowest BCUT2D eigenvalue weighted by molar-refractivity contribution is 0.1000. The predicted octanol–water partition coefficient (Wildman–Crippen LogP) is 7.71. The Labute approximate surface area is 256 Å². The number of carbonyl (C=O) groups is 1. The van der Waals surface area contributed by atoms with Crippen LogP contribution in [0, 0.1) is 5.92 Å². The van der Waals surface area contributed by atoms with Gasteiger partial charge in [-0.05, 0) is 97.0 Å². The third-order valence-corrected chi connectivity index (χ3v) is 9.15. The maximum atomic E-state index is 11.6. The molecule has 226 valence electrons. The third kappa shape index (κ3) is 7.48. The number of primary amides is 1. The lowest BCUT2D eigenvalue weighted by Gasteiger charge is -2.36. The summed E-state index contributed by atoms with van der Waals surface area (Å²) in [4.78, 5) is 16.8. The summed E-state index contributed by atoms with van der Waals surface area (Å²) in [6.45, 7) is 0.517. The molecule has 2 unspecified atom stereocenters. The van der Waals surface area contributed by atoms with E-state index >= 15 is 0 Å². The summed E-state index contributed by atoms with van der Waals surface area (Å²) in [5.74, 6) is 2.78. The third-order valence-electron chi connectivity index (χ3n) is 9.15. The predicted molar refractivity (Wildman–Crippen MR) is 173 cm³/mol. The first kappa shape index (κ1) is 30.4. The van der Waals surface area contributed by atoms with Gasteiger partial charge in [-0.2, -0.15) is 0 Å². The molecule has 1 aliphatic heterocycles. The molecule has 1 heterocycles. The minimum Gasteiger partial charge on any atom is -0.494 e. The van der Waals surface area contributed by atoms with Crippen molar-refractivity contribution in [3.63, 3.8) is 0 Å². The number of carbonyl (C=O) groups excluding carboxylic acids is 1. The highest BCUT2D eigenvalue weighted by Gasteiger charge is 2.38. The average Bonchev–Trinajstić information content (AvgIpc) is 3.44. The molecule has 0 radical (unpaired) electrons. The van der Waals surface area contributed by atoms with Gasteiger partial charge in [-0.1, -0.05) is 61.7 Å². The first-order chi connectivity index (χ1) is 21.0. The van der Waals surface area contributed by atoms with Crippen LogP contribution in [0.5, 0.6) is 17.2 Å². The molecule has 6 nitrogen and oxygen atoms in total. The van der Waals surface area contributed by atoms with E-state index in [9.17, 15) is 4.79 Å². The number of hydrogen-bond acceptors (Lipinski definition) is 5. The molecule has 3 aromatic carbocycles. The molecule has 2 atom stereocenters. The highest BCUT2D eigenvalue weighted by Crippen LogP contribution is 2.45. The molecule has 1 amide bonds. The lowest BCUT2D eigenvalue weighted by Crippen LogP contribution is -2.32. The molecule has 2 aliphatic rings. The molecule has 43 heavy (non-hydrogen) atoms. The number of aliphatic imine (C=N–C) groups is 1. The molecule has 0 saturated heterocycles. The van der Waals surface area contributed by atoms with Crippen molar-refractivity contribution in [2.75, 3.05) is 20.8 Å². The van der Waals surface area contributed by atoms with Crippen LogP contribution in [0.3, 0.4) is 0 Å². The summed E-state index contributed by atoms with van der Waals surface area (Å²) in [6, 6.07) is 24.3. The van der Waals surface area contributed by atoms with Crippen molar-refractivity contribution in [2.24, 2.45) is 16.6 Å². The monoisotopic (exact) mass is 580 g/mol. The van der Waals surface area contributed by atoms with Crippen molar-refractivity contribution in [3.8, 4) is 17.2 Å². The van der Waals surface area contributed by atoms with Gasteiger partial charge in [-0.15, -0.1) is 0 Å². The molecule has 0 spiro atoms. The standard InChI is InChI=1S/C37H44N2O4/c1-41-34-18-17-27(23-35(34)42-2)26-37(20-10-22-43-32-16-9-15-30(24-32)36(38)40)31(19-21-39-37)25-33(28-11-5-3-6-12-28)29-13-7-4-8-14-29/h3,5-6,9,11-12,15-19,21,23-24,29,33H,4,7-8,10,13-14,20,22,25-26H2,1-2H3,(H2,38,40). The van der Waals surface area contributed by atoms with E-state index in [1.807, 2.05) is 18.3 Å². The minimum absolute atomic E-state index is 0.375. The smallest absolute Gasteiger partial charge is 0.248 e. The van der Waals surface area contributed by atoms with Gasteiger partial charge in [0.1, 0.15) is 5.75 Å². The quantitative estimate of drug-likeness (QED) is 0.198. The summed E-state index contributed by atoms with van der Waals surface area (Å²) in [5, 5.41) is 0. The van der Waals surface area contributed by atoms with Crippen LogP contribution >= 0.6 is 0 Å². The van der Waals surface area contributed by atoms with Crippen LogP contribution in [0.1, 0.15) is 78.8 Å². The van der Waals surface area contributed by atoms with Crippen molar-refractivity contribution in [1.29, 1.82) is 0 Å². The first-order valence-corrected chi connectivity index (χ1v) is 15.5. The highest BCUT2D eigenvalue weighted by molar-refractivity contribution is 5.93. The summed E-state index contributed by atoms with van der Waals surface area (Å²) in [5.41, 5.74) is 9.51. The second kappa shape index (κ2) is 14.4. The van der Waals surface area contributed by atoms with Crippen LogP contribution in [0.2, 0.25) is 0 Å². The number of hydrogen-bond donors (Lipinski definition) is 1. The van der Waals surface area contributed by atoms with Gasteiger partial charge < -0.3 is 19.9 Å². The average molecular weight is 581 g/mol. The number of ether oxygens (including phenoxy) is 3. The maximum Gasteiger partial charge on any atom is 0.248 e. The van der Waals surface area contributed by atoms with Crippen molar-refractivity contribution >= 4 is 12.1 Å². The van der Waals surface area contributed by atoms with E-state index in [0.29, 0.717) is 29.8 Å². The van der Waals surface area contributed by atoms with Crippen molar-refractivity contribution < 1.29 is 19.0 Å². The normalized spacial score (nSPS) is 19.1. The van der Waals surface area contributed by atoms with Gasteiger partial charge in [0, 0.05) is 18.2 Å². The molecule has 1 fully saturated rings. The van der Waals surface area contributed by atoms with E-state index in [0.717, 1.165) is 42.7 Å². The molecule has 1 aliphatic carbocycles. The van der Waals surface area contributed by atoms with E-state index in [-0.39, 0.29) is 5.54 Å². The SMILES string of the molecule is COc1ccc(CC2(CCCOc3cccc(C(N)=O)c3)N=CC=C2CC(c2ccccc2)C2CCCCC2)cc1OC. The molecular formula is C37H44N2O4. The Morgan fingerprint density at radius 2 is 1.74 bits per heavy atom. The van der Waals surface area contributed by atoms with Crippen LogP contribution in [0.15, 0.2) is 89.4 Å². The number of rotatable bonds is 14. The van der Waals surface area contributed by atoms with E-state index in [2.05, 4.69) is 48.5 Å². The van der Waals surface area contributed by atoms with Crippen LogP contribution < -0.4 is 19.9 Å². The molecule has 6 heteroatoms. The molecule has 1 saturated carbocycles. The summed E-state index contributed by atoms with van der Waals surface area (Å²) >= 11 is 0. The van der Waals surface area contributed by atoms with Gasteiger partial charge >= 0.3 is 0 Å². The number of nitrogens with zero attached hydrogens (tertiary/aromatic N) is 1. The zero-order valence-corrected chi connectivity index (χ0v) is 25.5. The highest BCUT2D eigenvalue weighted by atomic mass is 16.5. The van der Waals surface area contributed by atoms with Crippen molar-refractivity contribution in [2.45, 2.75) is 69.2 Å². The Morgan fingerprint density at radius 3 is 2.49 bits per heavy atom. The summed E-state index contributed by atoms with van der Waals surface area (Å²) < 4.78 is 17.2. The van der Waals surface area contributed by atoms with Crippen LogP contribution in [-0.2, 0) is 6.42 Å². The number of benzene rings is 3. The number of methoxy groups -OCH3 is 2. The van der Waals surface area contributed by atoms with Gasteiger partial charge in [0.05, 0.1) is 26.4 Å². The van der Waals surface area contributed by atoms with Crippen molar-refractivity contribution in [1.82, 2.24) is 0 Å². The fourth-order valence-corrected chi connectivity index (χ4v) is 6.89. The van der Waals surface area contributed by atoms with Gasteiger partial charge in [0.15, 0.2) is 11.5 Å². The Kier molecular flexibility index (Phi) is 10.2. The van der Waals surface area contributed by atoms with E-state index in [4.69, 9.17) is 24.9 Å². The molecule has 3 aromatic rings. The Balaban J connectivity index is 1.39. The fourth-order valence-electron chi connectivity index (χ4n) is 6.89. The van der Waals surface area contributed by atoms with Gasteiger partial charge in [0.2, 0.25) is 5.91 Å². The van der Waals surface area contributed by atoms with E-state index in [1.165, 1.54) is 43.2 Å². The number of allylic oxidation sites excluding steroid dienone is 1. The van der Waals surface area contributed by atoms with Crippen LogP contribution in [-0.4, -0.2) is 38.5 Å². The van der Waals surface area contributed by atoms with Crippen molar-refractivity contribution in [3.05, 3.63) is 101 Å². The Morgan fingerprint density at radius 1 is 0.953 bits per heavy atom. The first-order valence-electron chi connectivity index (χ1n) is 15.5. The summed E-state index contributed by atoms with van der Waals surface area (Å²) in [7, 11) is 3.34. The van der Waals surface area contributed by atoms with E-state index in [1.54, 1.807) is 32.4 Å². The molecular weight excluding hydrogens is 536 g/mol. The largest absolute Gasteiger partial charge is 0.494 e. The lowest BCUT2D eigenvalue weighted by atomic mass is 9.70. The van der Waals surface area contributed by atoms with Gasteiger partial charge in [-0.25, -0.2) is 0 Å². The molecule has 5 rings (SSSR count). The van der Waals surface area contributed by atoms with Gasteiger partial charge in [0.25, 0.3) is 0 Å². The minimum atomic E-state index is -0.458. The Hall–Kier alpha value is -4.06. The van der Waals surface area contributed by atoms with E-state index < -0.39 is 5.91 Å². The fraction of sp³-hybridized carbons (Fsp3) is 0.405. The second-order valence-electron chi connectivity index (χ2n) is 11.8. The molecule has 2 N–H and O–H groups in total. The van der Waals surface area contributed by atoms with Gasteiger partial charge in [-0.3, -0.25) is 9.79 Å². The van der Waals surface area contributed by atoms with Crippen LogP contribution in [0.4, 0.5) is 0 Å². The Bertz CT molecular complexity index is 1430.